The second-order valence-electron chi connectivity index (χ2n) is 15.7. The standard InChI is InChI=1S/C41H44N2O20/c1-15-31(46)20(42-40(54)59-14-17-7-8-22(21(9-17)43(56)57)62-39-38(53)37(52)34(49)25(13-44)63-39)10-26(60-15)61-24-12-41(55,16(2)45)11-19-28(24)36(51)30-29(33(19)48)32(47)18-5-4-6-23(58-3)27(18)35(30)50/h4-9,15,20,24-26,31,34,37-39,44,46,48-49,51-53,55H,10-14H2,1-3H3,(H,42,54)/t15-,20-,24+,25+,26-,31+,34-,37-,38+,39+,41+/m1/s1. The number of hydrogen-bond acceptors (Lipinski definition) is 20. The number of hydrogen-bond donors (Lipinski definition) is 9. The van der Waals surface area contributed by atoms with Crippen molar-refractivity contribution in [1.82, 2.24) is 5.32 Å². The predicted octanol–water partition coefficient (Wildman–Crippen LogP) is 0.0835. The van der Waals surface area contributed by atoms with E-state index in [9.17, 15) is 70.1 Å². The summed E-state index contributed by atoms with van der Waals surface area (Å²) < 4.78 is 33.4. The van der Waals surface area contributed by atoms with Gasteiger partial charge in [-0.25, -0.2) is 4.79 Å². The van der Waals surface area contributed by atoms with Gasteiger partial charge in [-0.15, -0.1) is 0 Å². The van der Waals surface area contributed by atoms with Crippen molar-refractivity contribution in [3.63, 3.8) is 0 Å². The Morgan fingerprint density at radius 2 is 1.67 bits per heavy atom. The number of carbonyl (C=O) groups is 4. The predicted molar refractivity (Wildman–Crippen MR) is 207 cm³/mol. The summed E-state index contributed by atoms with van der Waals surface area (Å²) in [6, 6.07) is 6.49. The SMILES string of the molecule is COc1cccc2c1C(=O)c1c(O)c3c(c(O)c1C2=O)C[C@@](O)(C(C)=O)C[C@@H]3O[C@@H]1C[C@@H](NC(=O)OCc2ccc(O[C@H]3O[C@@H](CO)[C@@H](O)[C@@H](O)[C@@H]3O)c([N+](=O)[O-])c2)[C@@H](O)[C@@H](C)O1. The molecule has 0 bridgehead atoms. The molecule has 2 aliphatic heterocycles. The number of benzene rings is 3. The number of nitro groups is 1. The Balaban J connectivity index is 1.08. The molecule has 1 amide bonds. The molecule has 0 spiro atoms. The number of aliphatic hydroxyl groups is 6. The topological polar surface area (TPSA) is 341 Å². The van der Waals surface area contributed by atoms with E-state index in [1.54, 1.807) is 0 Å². The maximum atomic E-state index is 14.0. The molecule has 0 radical (unpaired) electrons. The number of ether oxygens (including phenoxy) is 6. The minimum atomic E-state index is -2.20. The molecule has 22 heteroatoms. The lowest BCUT2D eigenvalue weighted by Gasteiger charge is -2.42. The summed E-state index contributed by atoms with van der Waals surface area (Å²) in [6.07, 6.45) is -16.1. The first-order valence-electron chi connectivity index (χ1n) is 19.6. The molecule has 2 fully saturated rings. The van der Waals surface area contributed by atoms with E-state index in [0.29, 0.717) is 0 Å². The van der Waals surface area contributed by atoms with E-state index in [2.05, 4.69) is 5.32 Å². The lowest BCUT2D eigenvalue weighted by atomic mass is 9.72. The molecule has 3 aromatic rings. The highest BCUT2D eigenvalue weighted by Crippen LogP contribution is 2.52. The van der Waals surface area contributed by atoms with Gasteiger partial charge in [0, 0.05) is 42.0 Å². The smallest absolute Gasteiger partial charge is 0.407 e. The third-order valence-electron chi connectivity index (χ3n) is 11.7. The molecule has 22 nitrogen and oxygen atoms in total. The average molecular weight is 885 g/mol. The molecule has 11 atom stereocenters. The van der Waals surface area contributed by atoms with Crippen LogP contribution in [-0.4, -0.2) is 144 Å². The highest BCUT2D eigenvalue weighted by Gasteiger charge is 2.50. The van der Waals surface area contributed by atoms with Gasteiger partial charge in [0.05, 0.1) is 53.6 Å². The Hall–Kier alpha value is -5.82. The molecule has 0 aromatic heterocycles. The summed E-state index contributed by atoms with van der Waals surface area (Å²) in [7, 11) is 1.28. The maximum Gasteiger partial charge on any atom is 0.407 e. The summed E-state index contributed by atoms with van der Waals surface area (Å²) in [6.45, 7) is 1.23. The number of amides is 1. The van der Waals surface area contributed by atoms with Crippen LogP contribution in [0.5, 0.6) is 23.0 Å². The van der Waals surface area contributed by atoms with E-state index in [1.807, 2.05) is 0 Å². The fraction of sp³-hybridized carbons (Fsp3) is 0.463. The summed E-state index contributed by atoms with van der Waals surface area (Å²) >= 11 is 0. The Labute approximate surface area is 356 Å². The van der Waals surface area contributed by atoms with E-state index in [0.717, 1.165) is 19.1 Å². The van der Waals surface area contributed by atoms with Crippen molar-refractivity contribution >= 4 is 29.1 Å². The van der Waals surface area contributed by atoms with Crippen LogP contribution in [0, 0.1) is 10.1 Å². The largest absolute Gasteiger partial charge is 0.507 e. The van der Waals surface area contributed by atoms with Gasteiger partial charge < -0.3 is 74.6 Å². The van der Waals surface area contributed by atoms with Crippen molar-refractivity contribution in [2.75, 3.05) is 13.7 Å². The van der Waals surface area contributed by atoms with Crippen LogP contribution in [0.15, 0.2) is 36.4 Å². The number of nitrogens with zero attached hydrogens (tertiary/aromatic N) is 1. The van der Waals surface area contributed by atoms with Crippen molar-refractivity contribution in [1.29, 1.82) is 0 Å². The van der Waals surface area contributed by atoms with Gasteiger partial charge in [-0.1, -0.05) is 18.2 Å². The summed E-state index contributed by atoms with van der Waals surface area (Å²) in [5.74, 6) is -4.31. The number of phenols is 2. The monoisotopic (exact) mass is 884 g/mol. The van der Waals surface area contributed by atoms with E-state index < -0.39 is 155 Å². The summed E-state index contributed by atoms with van der Waals surface area (Å²) in [4.78, 5) is 64.7. The number of alkyl carbamates (subject to hydrolysis) is 1. The second kappa shape index (κ2) is 17.4. The lowest BCUT2D eigenvalue weighted by Crippen LogP contribution is -2.60. The Morgan fingerprint density at radius 1 is 0.952 bits per heavy atom. The number of ketones is 3. The van der Waals surface area contributed by atoms with E-state index >= 15 is 0 Å². The number of Topliss-reactive ketones (excluding diaryl/α,β-unsaturated/α-hetero) is 1. The van der Waals surface area contributed by atoms with Gasteiger partial charge in [-0.3, -0.25) is 24.5 Å². The Morgan fingerprint density at radius 3 is 2.33 bits per heavy atom. The lowest BCUT2D eigenvalue weighted by molar-refractivity contribution is -0.387. The molecule has 4 aliphatic rings. The van der Waals surface area contributed by atoms with Crippen LogP contribution in [-0.2, 0) is 36.8 Å². The van der Waals surface area contributed by atoms with Crippen molar-refractivity contribution in [3.8, 4) is 23.0 Å². The zero-order valence-corrected chi connectivity index (χ0v) is 33.7. The molecular formula is C41H44N2O20. The average Bonchev–Trinajstić information content (AvgIpc) is 3.24. The first-order chi connectivity index (χ1) is 29.8. The fourth-order valence-corrected chi connectivity index (χ4v) is 8.29. The fourth-order valence-electron chi connectivity index (χ4n) is 8.29. The van der Waals surface area contributed by atoms with E-state index in [-0.39, 0.29) is 40.0 Å². The molecule has 3 aromatic carbocycles. The number of methoxy groups -OCH3 is 1. The second-order valence-corrected chi connectivity index (χ2v) is 15.7. The van der Waals surface area contributed by atoms with Crippen LogP contribution < -0.4 is 14.8 Å². The summed E-state index contributed by atoms with van der Waals surface area (Å²) in [5, 5.41) is 100. The number of aliphatic hydroxyl groups excluding tert-OH is 5. The van der Waals surface area contributed by atoms with Crippen molar-refractivity contribution in [2.24, 2.45) is 0 Å². The van der Waals surface area contributed by atoms with Gasteiger partial charge in [0.1, 0.15) is 60.0 Å². The minimum Gasteiger partial charge on any atom is -0.507 e. The van der Waals surface area contributed by atoms with Crippen LogP contribution in [0.25, 0.3) is 0 Å². The summed E-state index contributed by atoms with van der Waals surface area (Å²) in [5.41, 5.74) is -4.56. The van der Waals surface area contributed by atoms with Crippen molar-refractivity contribution in [2.45, 2.75) is 107 Å². The number of rotatable bonds is 11. The molecule has 2 saturated heterocycles. The van der Waals surface area contributed by atoms with E-state index in [1.165, 1.54) is 38.3 Å². The van der Waals surface area contributed by atoms with Gasteiger partial charge in [-0.2, -0.15) is 0 Å². The van der Waals surface area contributed by atoms with Crippen molar-refractivity contribution < 1.29 is 93.4 Å². The molecule has 338 valence electrons. The molecule has 9 N–H and O–H groups in total. The zero-order chi connectivity index (χ0) is 45.8. The first kappa shape index (κ1) is 45.2. The number of fused-ring (bicyclic) bond motifs is 3. The third kappa shape index (κ3) is 8.16. The molecule has 63 heavy (non-hydrogen) atoms. The Bertz CT molecular complexity index is 2350. The van der Waals surface area contributed by atoms with Gasteiger partial charge in [0.25, 0.3) is 0 Å². The van der Waals surface area contributed by atoms with Crippen LogP contribution in [0.1, 0.15) is 81.3 Å². The molecule has 0 unspecified atom stereocenters. The molecule has 7 rings (SSSR count). The number of aromatic hydroxyl groups is 2. The third-order valence-corrected chi connectivity index (χ3v) is 11.7. The molecule has 2 heterocycles. The van der Waals surface area contributed by atoms with Crippen LogP contribution >= 0.6 is 0 Å². The van der Waals surface area contributed by atoms with Gasteiger partial charge in [0.15, 0.2) is 23.6 Å². The number of carbonyl (C=O) groups excluding carboxylic acids is 4. The quantitative estimate of drug-likeness (QED) is 0.0547. The Kier molecular flexibility index (Phi) is 12.5. The van der Waals surface area contributed by atoms with Crippen LogP contribution in [0.4, 0.5) is 10.5 Å². The maximum absolute atomic E-state index is 14.0. The normalized spacial score (nSPS) is 30.0. The number of nitro benzene ring substituents is 1. The molecule has 0 saturated carbocycles. The number of nitrogens with one attached hydrogen (secondary N) is 1. The highest BCUT2D eigenvalue weighted by molar-refractivity contribution is 6.31. The highest BCUT2D eigenvalue weighted by atomic mass is 16.7. The first-order valence-corrected chi connectivity index (χ1v) is 19.6. The van der Waals surface area contributed by atoms with E-state index in [4.69, 9.17) is 28.4 Å². The van der Waals surface area contributed by atoms with Gasteiger partial charge in [-0.05, 0) is 31.5 Å². The molecular weight excluding hydrogens is 840 g/mol. The van der Waals surface area contributed by atoms with Crippen LogP contribution in [0.3, 0.4) is 0 Å². The van der Waals surface area contributed by atoms with Crippen LogP contribution in [0.2, 0.25) is 0 Å². The zero-order valence-electron chi connectivity index (χ0n) is 33.7. The van der Waals surface area contributed by atoms with Crippen molar-refractivity contribution in [3.05, 3.63) is 85.5 Å². The van der Waals surface area contributed by atoms with Gasteiger partial charge in [0.2, 0.25) is 12.1 Å². The number of phenolic OH excluding ortho intramolecular Hbond substituents is 2. The molecule has 2 aliphatic carbocycles. The minimum absolute atomic E-state index is 0.0334. The van der Waals surface area contributed by atoms with Gasteiger partial charge >= 0.3 is 11.8 Å².